The number of hydrogen-bond acceptors (Lipinski definition) is 4. The first-order valence-corrected chi connectivity index (χ1v) is 10.7. The average molecular weight is 424 g/mol. The summed E-state index contributed by atoms with van der Waals surface area (Å²) in [7, 11) is 0. The summed E-state index contributed by atoms with van der Waals surface area (Å²) in [5.41, 5.74) is 2.08. The van der Waals surface area contributed by atoms with Crippen LogP contribution in [0.5, 0.6) is 0 Å². The highest BCUT2D eigenvalue weighted by molar-refractivity contribution is 7.98. The SMILES string of the molecule is O=C(N[C@H](CSCc1ccccc1)C(=O)O)[C@H](CS)Cc1ccc(Cl)cc1. The Balaban J connectivity index is 1.89. The Morgan fingerprint density at radius 2 is 1.74 bits per heavy atom. The summed E-state index contributed by atoms with van der Waals surface area (Å²) in [5.74, 6) is -0.411. The fourth-order valence-corrected chi connectivity index (χ4v) is 3.91. The molecule has 0 saturated heterocycles. The van der Waals surface area contributed by atoms with Crippen molar-refractivity contribution in [3.05, 3.63) is 70.7 Å². The molecule has 0 heterocycles. The number of carbonyl (C=O) groups is 2. The van der Waals surface area contributed by atoms with Crippen molar-refractivity contribution < 1.29 is 14.7 Å². The zero-order valence-corrected chi connectivity index (χ0v) is 17.1. The number of halogens is 1. The van der Waals surface area contributed by atoms with E-state index in [4.69, 9.17) is 11.6 Å². The number of nitrogens with one attached hydrogen (secondary N) is 1. The zero-order chi connectivity index (χ0) is 19.6. The molecule has 2 aromatic rings. The predicted octanol–water partition coefficient (Wildman–Crippen LogP) is 3.93. The zero-order valence-electron chi connectivity index (χ0n) is 14.7. The van der Waals surface area contributed by atoms with Gasteiger partial charge in [0.15, 0.2) is 0 Å². The van der Waals surface area contributed by atoms with Gasteiger partial charge in [0.25, 0.3) is 0 Å². The Hall–Kier alpha value is -1.63. The first-order chi connectivity index (χ1) is 13.0. The number of amides is 1. The number of hydrogen-bond donors (Lipinski definition) is 3. The lowest BCUT2D eigenvalue weighted by Crippen LogP contribution is -2.46. The number of thioether (sulfide) groups is 1. The summed E-state index contributed by atoms with van der Waals surface area (Å²) in [6.45, 7) is 0. The van der Waals surface area contributed by atoms with Crippen LogP contribution in [-0.4, -0.2) is 34.5 Å². The van der Waals surface area contributed by atoms with Crippen LogP contribution < -0.4 is 5.32 Å². The van der Waals surface area contributed by atoms with Gasteiger partial charge < -0.3 is 10.4 Å². The number of thiol groups is 1. The van der Waals surface area contributed by atoms with Gasteiger partial charge in [-0.2, -0.15) is 24.4 Å². The van der Waals surface area contributed by atoms with Gasteiger partial charge in [-0.25, -0.2) is 4.79 Å². The van der Waals surface area contributed by atoms with Gasteiger partial charge in [-0.15, -0.1) is 0 Å². The van der Waals surface area contributed by atoms with E-state index in [9.17, 15) is 14.7 Å². The molecule has 2 atom stereocenters. The van der Waals surface area contributed by atoms with E-state index < -0.39 is 17.9 Å². The second kappa shape index (κ2) is 11.3. The molecule has 2 aromatic carbocycles. The minimum atomic E-state index is -1.03. The van der Waals surface area contributed by atoms with Crippen molar-refractivity contribution in [2.24, 2.45) is 5.92 Å². The molecule has 0 spiro atoms. The Bertz CT molecular complexity index is 741. The lowest BCUT2D eigenvalue weighted by Gasteiger charge is -2.19. The summed E-state index contributed by atoms with van der Waals surface area (Å²) >= 11 is 11.6. The van der Waals surface area contributed by atoms with Crippen molar-refractivity contribution in [1.82, 2.24) is 5.32 Å². The largest absolute Gasteiger partial charge is 0.480 e. The van der Waals surface area contributed by atoms with Crippen LogP contribution in [0.4, 0.5) is 0 Å². The van der Waals surface area contributed by atoms with E-state index in [2.05, 4.69) is 17.9 Å². The van der Waals surface area contributed by atoms with Crippen LogP contribution in [-0.2, 0) is 21.8 Å². The van der Waals surface area contributed by atoms with Crippen molar-refractivity contribution in [3.63, 3.8) is 0 Å². The van der Waals surface area contributed by atoms with Crippen LogP contribution in [0.3, 0.4) is 0 Å². The standard InChI is InChI=1S/C20H22ClNO3S2/c21-17-8-6-14(7-9-17)10-16(11-26)19(23)22-18(20(24)25)13-27-12-15-4-2-1-3-5-15/h1-9,16,18,26H,10-13H2,(H,22,23)(H,24,25)/t16-,18+/m0/s1. The lowest BCUT2D eigenvalue weighted by atomic mass is 10.00. The highest BCUT2D eigenvalue weighted by atomic mass is 35.5. The Morgan fingerprint density at radius 3 is 2.33 bits per heavy atom. The van der Waals surface area contributed by atoms with Crippen molar-refractivity contribution in [2.45, 2.75) is 18.2 Å². The number of carboxylic acids is 1. The van der Waals surface area contributed by atoms with Crippen molar-refractivity contribution >= 4 is 47.9 Å². The number of aliphatic carboxylic acids is 1. The number of rotatable bonds is 10. The molecule has 0 unspecified atom stereocenters. The Morgan fingerprint density at radius 1 is 1.07 bits per heavy atom. The van der Waals surface area contributed by atoms with Crippen LogP contribution in [0, 0.1) is 5.92 Å². The van der Waals surface area contributed by atoms with Gasteiger partial charge in [-0.05, 0) is 29.7 Å². The molecule has 7 heteroatoms. The van der Waals surface area contributed by atoms with Crippen LogP contribution >= 0.6 is 36.0 Å². The molecule has 0 bridgehead atoms. The molecule has 2 N–H and O–H groups in total. The molecule has 0 radical (unpaired) electrons. The molecule has 144 valence electrons. The molecule has 0 aliphatic carbocycles. The summed E-state index contributed by atoms with van der Waals surface area (Å²) in [5, 5.41) is 12.7. The molecule has 0 aliphatic heterocycles. The normalized spacial score (nSPS) is 13.0. The fraction of sp³-hybridized carbons (Fsp3) is 0.300. The summed E-state index contributed by atoms with van der Waals surface area (Å²) in [6.07, 6.45) is 0.482. The second-order valence-electron chi connectivity index (χ2n) is 6.11. The molecule has 2 rings (SSSR count). The van der Waals surface area contributed by atoms with Gasteiger partial charge >= 0.3 is 5.97 Å². The monoisotopic (exact) mass is 423 g/mol. The molecule has 27 heavy (non-hydrogen) atoms. The van der Waals surface area contributed by atoms with Crippen LogP contribution in [0.2, 0.25) is 5.02 Å². The van der Waals surface area contributed by atoms with E-state index in [1.807, 2.05) is 42.5 Å². The highest BCUT2D eigenvalue weighted by Gasteiger charge is 2.24. The minimum Gasteiger partial charge on any atom is -0.480 e. The van der Waals surface area contributed by atoms with Gasteiger partial charge in [-0.1, -0.05) is 54.1 Å². The third-order valence-corrected chi connectivity index (χ3v) is 5.80. The van der Waals surface area contributed by atoms with Crippen LogP contribution in [0.25, 0.3) is 0 Å². The van der Waals surface area contributed by atoms with Crippen molar-refractivity contribution in [3.8, 4) is 0 Å². The smallest absolute Gasteiger partial charge is 0.327 e. The first kappa shape index (κ1) is 21.7. The third kappa shape index (κ3) is 7.48. The maximum atomic E-state index is 12.5. The third-order valence-electron chi connectivity index (χ3n) is 4.00. The molecule has 0 aromatic heterocycles. The lowest BCUT2D eigenvalue weighted by molar-refractivity contribution is -0.141. The van der Waals surface area contributed by atoms with E-state index in [-0.39, 0.29) is 5.91 Å². The Kier molecular flexibility index (Phi) is 9.04. The molecular formula is C20H22ClNO3S2. The quantitative estimate of drug-likeness (QED) is 0.506. The average Bonchev–Trinajstić information content (AvgIpc) is 2.67. The predicted molar refractivity (Wildman–Crippen MR) is 115 cm³/mol. The molecule has 0 saturated carbocycles. The van der Waals surface area contributed by atoms with E-state index >= 15 is 0 Å². The van der Waals surface area contributed by atoms with E-state index in [0.717, 1.165) is 11.1 Å². The number of benzene rings is 2. The van der Waals surface area contributed by atoms with Gasteiger partial charge in [0.2, 0.25) is 5.91 Å². The maximum Gasteiger partial charge on any atom is 0.327 e. The first-order valence-electron chi connectivity index (χ1n) is 8.49. The second-order valence-corrected chi connectivity index (χ2v) is 7.94. The molecular weight excluding hydrogens is 402 g/mol. The topological polar surface area (TPSA) is 66.4 Å². The molecule has 0 fully saturated rings. The number of carbonyl (C=O) groups excluding carboxylic acids is 1. The molecule has 0 aliphatic rings. The van der Waals surface area contributed by atoms with Crippen molar-refractivity contribution in [1.29, 1.82) is 0 Å². The van der Waals surface area contributed by atoms with E-state index in [0.29, 0.717) is 28.7 Å². The van der Waals surface area contributed by atoms with Gasteiger partial charge in [0, 0.05) is 22.3 Å². The summed E-state index contributed by atoms with van der Waals surface area (Å²) in [4.78, 5) is 24.1. The highest BCUT2D eigenvalue weighted by Crippen LogP contribution is 2.16. The minimum absolute atomic E-state index is 0.298. The maximum absolute atomic E-state index is 12.5. The van der Waals surface area contributed by atoms with Crippen molar-refractivity contribution in [2.75, 3.05) is 11.5 Å². The Labute approximate surface area is 174 Å². The van der Waals surface area contributed by atoms with Gasteiger partial charge in [0.05, 0.1) is 5.92 Å². The van der Waals surface area contributed by atoms with Crippen LogP contribution in [0.1, 0.15) is 11.1 Å². The van der Waals surface area contributed by atoms with Gasteiger partial charge in [0.1, 0.15) is 6.04 Å². The fourth-order valence-electron chi connectivity index (χ4n) is 2.48. The van der Waals surface area contributed by atoms with Crippen LogP contribution in [0.15, 0.2) is 54.6 Å². The van der Waals surface area contributed by atoms with Gasteiger partial charge in [-0.3, -0.25) is 4.79 Å². The van der Waals surface area contributed by atoms with E-state index in [1.165, 1.54) is 11.8 Å². The molecule has 4 nitrogen and oxygen atoms in total. The number of carboxylic acid groups (broad SMARTS) is 1. The summed E-state index contributed by atoms with van der Waals surface area (Å²) < 4.78 is 0. The molecule has 1 amide bonds. The van der Waals surface area contributed by atoms with E-state index in [1.54, 1.807) is 12.1 Å². The summed E-state index contributed by atoms with van der Waals surface area (Å²) in [6, 6.07) is 16.1.